The minimum atomic E-state index is -3.93. The number of halogens is 3. The zero-order valence-corrected chi connectivity index (χ0v) is 13.9. The second-order valence-electron chi connectivity index (χ2n) is 5.14. The molecule has 0 amide bonds. The number of allylic oxidation sites excluding steroid dienone is 1. The van der Waals surface area contributed by atoms with Crippen molar-refractivity contribution < 1.29 is 26.4 Å². The van der Waals surface area contributed by atoms with Gasteiger partial charge in [0, 0.05) is 6.42 Å². The summed E-state index contributed by atoms with van der Waals surface area (Å²) in [4.78, 5) is 9.46. The highest BCUT2D eigenvalue weighted by molar-refractivity contribution is 7.93. The average molecular weight is 368 g/mol. The van der Waals surface area contributed by atoms with Gasteiger partial charge >= 0.3 is 6.08 Å². The van der Waals surface area contributed by atoms with Gasteiger partial charge in [0.1, 0.15) is 6.61 Å². The van der Waals surface area contributed by atoms with Gasteiger partial charge in [-0.1, -0.05) is 5.16 Å². The van der Waals surface area contributed by atoms with Crippen molar-refractivity contribution >= 4 is 27.4 Å². The number of oxime groups is 1. The number of aromatic nitrogens is 1. The zero-order valence-electron chi connectivity index (χ0n) is 12.3. The van der Waals surface area contributed by atoms with Crippen LogP contribution in [0.1, 0.15) is 29.8 Å². The van der Waals surface area contributed by atoms with Crippen molar-refractivity contribution in [2.24, 2.45) is 11.1 Å². The van der Waals surface area contributed by atoms with Crippen LogP contribution < -0.4 is 0 Å². The molecule has 128 valence electrons. The number of sulfone groups is 1. The second-order valence-corrected chi connectivity index (χ2v) is 8.45. The molecular weight excluding hydrogens is 353 g/mol. The number of rotatable bonds is 8. The molecule has 23 heavy (non-hydrogen) atoms. The lowest BCUT2D eigenvalue weighted by atomic mass is 10.4. The molecule has 1 aliphatic carbocycles. The Labute approximate surface area is 135 Å². The Bertz CT molecular complexity index is 721. The van der Waals surface area contributed by atoms with Crippen LogP contribution in [0.25, 0.3) is 0 Å². The van der Waals surface area contributed by atoms with Gasteiger partial charge in [-0.05, 0) is 25.7 Å². The number of thiazole rings is 1. The van der Waals surface area contributed by atoms with Gasteiger partial charge in [0.2, 0.25) is 14.2 Å². The molecule has 0 aliphatic heterocycles. The van der Waals surface area contributed by atoms with Gasteiger partial charge in [-0.2, -0.15) is 8.78 Å². The second kappa shape index (κ2) is 7.43. The van der Waals surface area contributed by atoms with Crippen LogP contribution >= 0.6 is 11.3 Å². The minimum absolute atomic E-state index is 0.245. The molecule has 1 aliphatic rings. The van der Waals surface area contributed by atoms with Crippen LogP contribution in [0.3, 0.4) is 0 Å². The number of nitrogens with zero attached hydrogens (tertiary/aromatic N) is 2. The third-order valence-electron chi connectivity index (χ3n) is 3.13. The molecule has 1 saturated carbocycles. The monoisotopic (exact) mass is 368 g/mol. The fourth-order valence-corrected chi connectivity index (χ4v) is 4.15. The summed E-state index contributed by atoms with van der Waals surface area (Å²) < 4.78 is 60.4. The highest BCUT2D eigenvalue weighted by Crippen LogP contribution is 2.29. The predicted molar refractivity (Wildman–Crippen MR) is 80.1 cm³/mol. The average Bonchev–Trinajstić information content (AvgIpc) is 3.23. The highest BCUT2D eigenvalue weighted by atomic mass is 32.2. The molecule has 0 atom stereocenters. The first-order chi connectivity index (χ1) is 10.8. The summed E-state index contributed by atoms with van der Waals surface area (Å²) in [5, 5.41) is 3.76. The Morgan fingerprint density at radius 1 is 1.43 bits per heavy atom. The van der Waals surface area contributed by atoms with E-state index in [-0.39, 0.29) is 4.34 Å². The molecule has 0 aromatic carbocycles. The first-order valence-electron chi connectivity index (χ1n) is 6.84. The summed E-state index contributed by atoms with van der Waals surface area (Å²) in [6.07, 6.45) is 0.244. The molecule has 2 rings (SSSR count). The van der Waals surface area contributed by atoms with E-state index in [9.17, 15) is 21.6 Å². The fraction of sp³-hybridized carbons (Fsp3) is 0.538. The third-order valence-corrected chi connectivity index (χ3v) is 6.39. The Kier molecular flexibility index (Phi) is 5.79. The predicted octanol–water partition coefficient (Wildman–Crippen LogP) is 3.45. The highest BCUT2D eigenvalue weighted by Gasteiger charge is 2.23. The Hall–Kier alpha value is -1.42. The molecule has 1 heterocycles. The first-order valence-corrected chi connectivity index (χ1v) is 9.31. The smallest absolute Gasteiger partial charge is 0.301 e. The lowest BCUT2D eigenvalue weighted by Crippen LogP contribution is -2.07. The Morgan fingerprint density at radius 3 is 2.74 bits per heavy atom. The number of aryl methyl sites for hydroxylation is 1. The summed E-state index contributed by atoms with van der Waals surface area (Å²) in [6.45, 7) is 2.12. The standard InChI is InChI=1S/C13H15F3N2O3S2/c1-8-11(6-17-21-7-9-2-3-9)22-13(18-8)23(19,20)5-4-10(14)12(15)16/h6,9H,2-5,7H2,1H3/b17-6+. The summed E-state index contributed by atoms with van der Waals surface area (Å²) in [6, 6.07) is 0. The molecule has 0 spiro atoms. The van der Waals surface area contributed by atoms with Crippen LogP contribution in [-0.4, -0.2) is 32.0 Å². The van der Waals surface area contributed by atoms with Crippen molar-refractivity contribution in [3.8, 4) is 0 Å². The number of hydrogen-bond donors (Lipinski definition) is 0. The Balaban J connectivity index is 2.01. The molecular formula is C13H15F3N2O3S2. The molecule has 1 fully saturated rings. The van der Waals surface area contributed by atoms with Gasteiger partial charge < -0.3 is 4.84 Å². The van der Waals surface area contributed by atoms with E-state index in [1.165, 1.54) is 6.21 Å². The van der Waals surface area contributed by atoms with E-state index in [2.05, 4.69) is 10.1 Å². The van der Waals surface area contributed by atoms with Crippen LogP contribution in [0.4, 0.5) is 13.2 Å². The zero-order chi connectivity index (χ0) is 17.0. The lowest BCUT2D eigenvalue weighted by molar-refractivity contribution is 0.135. The summed E-state index contributed by atoms with van der Waals surface area (Å²) in [5.74, 6) is -1.95. The maximum absolute atomic E-state index is 12.7. The third kappa shape index (κ3) is 5.31. The maximum atomic E-state index is 12.7. The van der Waals surface area contributed by atoms with Crippen LogP contribution in [0.15, 0.2) is 21.4 Å². The largest absolute Gasteiger partial charge is 0.395 e. The van der Waals surface area contributed by atoms with Crippen molar-refractivity contribution in [2.45, 2.75) is 30.5 Å². The molecule has 0 unspecified atom stereocenters. The molecule has 1 aromatic heterocycles. The topological polar surface area (TPSA) is 68.6 Å². The van der Waals surface area contributed by atoms with Crippen LogP contribution in [0, 0.1) is 12.8 Å². The van der Waals surface area contributed by atoms with E-state index in [0.717, 1.165) is 24.2 Å². The van der Waals surface area contributed by atoms with Gasteiger partial charge in [-0.3, -0.25) is 0 Å². The van der Waals surface area contributed by atoms with Crippen LogP contribution in [0.2, 0.25) is 0 Å². The van der Waals surface area contributed by atoms with Crippen molar-refractivity contribution in [3.05, 3.63) is 22.5 Å². The lowest BCUT2D eigenvalue weighted by Gasteiger charge is -1.98. The van der Waals surface area contributed by atoms with Gasteiger partial charge in [-0.15, -0.1) is 11.3 Å². The molecule has 10 heteroatoms. The maximum Gasteiger partial charge on any atom is 0.301 e. The molecule has 0 bridgehead atoms. The Morgan fingerprint density at radius 2 is 2.13 bits per heavy atom. The van der Waals surface area contributed by atoms with Crippen molar-refractivity contribution in [1.29, 1.82) is 0 Å². The van der Waals surface area contributed by atoms with E-state index in [1.54, 1.807) is 6.92 Å². The SMILES string of the molecule is Cc1nc(S(=O)(=O)CCC(F)=C(F)F)sc1/C=N/OCC1CC1. The van der Waals surface area contributed by atoms with Crippen LogP contribution in [-0.2, 0) is 14.7 Å². The molecule has 1 aromatic rings. The summed E-state index contributed by atoms with van der Waals surface area (Å²) in [7, 11) is -3.93. The molecule has 0 radical (unpaired) electrons. The normalized spacial score (nSPS) is 15.1. The van der Waals surface area contributed by atoms with Crippen molar-refractivity contribution in [3.63, 3.8) is 0 Å². The van der Waals surface area contributed by atoms with Crippen molar-refractivity contribution in [1.82, 2.24) is 4.98 Å². The number of hydrogen-bond acceptors (Lipinski definition) is 6. The fourth-order valence-electron chi connectivity index (χ4n) is 1.56. The molecule has 0 saturated heterocycles. The first kappa shape index (κ1) is 17.9. The molecule has 5 nitrogen and oxygen atoms in total. The molecule has 0 N–H and O–H groups in total. The van der Waals surface area contributed by atoms with E-state index in [4.69, 9.17) is 4.84 Å². The summed E-state index contributed by atoms with van der Waals surface area (Å²) in [5.41, 5.74) is 0.431. The van der Waals surface area contributed by atoms with E-state index in [1.807, 2.05) is 0 Å². The van der Waals surface area contributed by atoms with E-state index in [0.29, 0.717) is 23.1 Å². The minimum Gasteiger partial charge on any atom is -0.395 e. The van der Waals surface area contributed by atoms with Crippen molar-refractivity contribution in [2.75, 3.05) is 12.4 Å². The van der Waals surface area contributed by atoms with Crippen LogP contribution in [0.5, 0.6) is 0 Å². The quantitative estimate of drug-likeness (QED) is 0.521. The van der Waals surface area contributed by atoms with E-state index < -0.39 is 33.9 Å². The van der Waals surface area contributed by atoms with Gasteiger partial charge in [-0.25, -0.2) is 17.8 Å². The van der Waals surface area contributed by atoms with Gasteiger partial charge in [0.15, 0.2) is 5.83 Å². The van der Waals surface area contributed by atoms with E-state index >= 15 is 0 Å². The van der Waals surface area contributed by atoms with Gasteiger partial charge in [0.05, 0.1) is 22.5 Å². The van der Waals surface area contributed by atoms with Gasteiger partial charge in [0.25, 0.3) is 0 Å². The summed E-state index contributed by atoms with van der Waals surface area (Å²) >= 11 is 0.847.